The van der Waals surface area contributed by atoms with Crippen LogP contribution in [0.5, 0.6) is 0 Å². The van der Waals surface area contributed by atoms with Gasteiger partial charge in [0.1, 0.15) is 10.7 Å². The average molecular weight is 308 g/mol. The highest BCUT2D eigenvalue weighted by Gasteiger charge is 2.17. The van der Waals surface area contributed by atoms with Gasteiger partial charge < -0.3 is 16.0 Å². The molecule has 7 nitrogen and oxygen atoms in total. The summed E-state index contributed by atoms with van der Waals surface area (Å²) in [5, 5.41) is 7.87. The molecule has 1 amide bonds. The van der Waals surface area contributed by atoms with Crippen molar-refractivity contribution in [3.8, 4) is 0 Å². The summed E-state index contributed by atoms with van der Waals surface area (Å²) in [5.74, 6) is 0.0994. The minimum Gasteiger partial charge on any atom is -0.382 e. The van der Waals surface area contributed by atoms with Crippen LogP contribution in [-0.4, -0.2) is 40.8 Å². The fourth-order valence-electron chi connectivity index (χ4n) is 1.76. The van der Waals surface area contributed by atoms with Gasteiger partial charge in [0.05, 0.1) is 5.69 Å². The Hall–Kier alpha value is -2.09. The standard InChI is InChI=1S/C13H20N6OS/c1-4-18(2)13-16-11(14)10(21-13)12(20)15-7-5-9-6-8-19(3)17-9/h6,8H,4-5,7,14H2,1-3H3,(H,15,20). The molecule has 0 aliphatic carbocycles. The maximum Gasteiger partial charge on any atom is 0.265 e. The number of nitrogens with zero attached hydrogens (tertiary/aromatic N) is 4. The zero-order chi connectivity index (χ0) is 15.4. The van der Waals surface area contributed by atoms with Crippen molar-refractivity contribution in [2.75, 3.05) is 30.8 Å². The molecule has 114 valence electrons. The summed E-state index contributed by atoms with van der Waals surface area (Å²) in [4.78, 5) is 18.8. The molecule has 0 atom stereocenters. The highest BCUT2D eigenvalue weighted by molar-refractivity contribution is 7.18. The van der Waals surface area contributed by atoms with E-state index in [0.29, 0.717) is 17.8 Å². The van der Waals surface area contributed by atoms with Crippen LogP contribution < -0.4 is 16.0 Å². The predicted molar refractivity (Wildman–Crippen MR) is 84.7 cm³/mol. The number of anilines is 2. The summed E-state index contributed by atoms with van der Waals surface area (Å²) in [6, 6.07) is 1.93. The minimum atomic E-state index is -0.184. The lowest BCUT2D eigenvalue weighted by Gasteiger charge is -2.10. The molecular formula is C13H20N6OS. The van der Waals surface area contributed by atoms with Crippen LogP contribution in [0.25, 0.3) is 0 Å². The molecule has 0 fully saturated rings. The van der Waals surface area contributed by atoms with E-state index in [0.717, 1.165) is 17.4 Å². The smallest absolute Gasteiger partial charge is 0.265 e. The lowest BCUT2D eigenvalue weighted by atomic mass is 10.3. The average Bonchev–Trinajstić information content (AvgIpc) is 3.04. The fourth-order valence-corrected chi connectivity index (χ4v) is 2.69. The van der Waals surface area contributed by atoms with Crippen molar-refractivity contribution in [1.29, 1.82) is 0 Å². The van der Waals surface area contributed by atoms with E-state index in [1.807, 2.05) is 38.2 Å². The number of aromatic nitrogens is 3. The molecule has 3 N–H and O–H groups in total. The largest absolute Gasteiger partial charge is 0.382 e. The zero-order valence-corrected chi connectivity index (χ0v) is 13.3. The van der Waals surface area contributed by atoms with Gasteiger partial charge in [0, 0.05) is 39.8 Å². The first-order valence-electron chi connectivity index (χ1n) is 6.75. The van der Waals surface area contributed by atoms with Crippen LogP contribution in [0.2, 0.25) is 0 Å². The van der Waals surface area contributed by atoms with Crippen LogP contribution in [0.15, 0.2) is 12.3 Å². The van der Waals surface area contributed by atoms with Gasteiger partial charge in [0.25, 0.3) is 5.91 Å². The molecule has 0 saturated carbocycles. The van der Waals surface area contributed by atoms with Crippen molar-refractivity contribution in [3.63, 3.8) is 0 Å². The number of amides is 1. The number of nitrogens with two attached hydrogens (primary N) is 1. The molecule has 2 aromatic rings. The van der Waals surface area contributed by atoms with E-state index in [4.69, 9.17) is 5.73 Å². The monoisotopic (exact) mass is 308 g/mol. The number of carbonyl (C=O) groups is 1. The molecule has 0 aromatic carbocycles. The van der Waals surface area contributed by atoms with Crippen LogP contribution in [0, 0.1) is 0 Å². The van der Waals surface area contributed by atoms with Crippen LogP contribution in [-0.2, 0) is 13.5 Å². The van der Waals surface area contributed by atoms with Crippen LogP contribution in [0.3, 0.4) is 0 Å². The van der Waals surface area contributed by atoms with Gasteiger partial charge in [-0.25, -0.2) is 4.98 Å². The maximum atomic E-state index is 12.1. The molecule has 0 radical (unpaired) electrons. The quantitative estimate of drug-likeness (QED) is 0.827. The molecule has 0 bridgehead atoms. The first kappa shape index (κ1) is 15.3. The highest BCUT2D eigenvalue weighted by atomic mass is 32.1. The van der Waals surface area contributed by atoms with E-state index in [9.17, 15) is 4.79 Å². The molecular weight excluding hydrogens is 288 g/mol. The van der Waals surface area contributed by atoms with E-state index < -0.39 is 0 Å². The Morgan fingerprint density at radius 2 is 2.33 bits per heavy atom. The second-order valence-electron chi connectivity index (χ2n) is 4.71. The van der Waals surface area contributed by atoms with Gasteiger partial charge in [-0.05, 0) is 13.0 Å². The number of hydrogen-bond donors (Lipinski definition) is 2. The van der Waals surface area contributed by atoms with Gasteiger partial charge in [-0.15, -0.1) is 0 Å². The van der Waals surface area contributed by atoms with E-state index in [1.54, 1.807) is 4.68 Å². The van der Waals surface area contributed by atoms with Crippen molar-refractivity contribution >= 4 is 28.2 Å². The highest BCUT2D eigenvalue weighted by Crippen LogP contribution is 2.27. The van der Waals surface area contributed by atoms with E-state index in [-0.39, 0.29) is 11.7 Å². The van der Waals surface area contributed by atoms with Crippen molar-refractivity contribution in [2.45, 2.75) is 13.3 Å². The molecule has 0 aliphatic rings. The predicted octanol–water partition coefficient (Wildman–Crippen LogP) is 0.887. The van der Waals surface area contributed by atoms with Gasteiger partial charge in [-0.3, -0.25) is 9.48 Å². The molecule has 0 aliphatic heterocycles. The topological polar surface area (TPSA) is 89.1 Å². The van der Waals surface area contributed by atoms with Crippen molar-refractivity contribution in [2.24, 2.45) is 7.05 Å². The van der Waals surface area contributed by atoms with Crippen LogP contribution >= 0.6 is 11.3 Å². The Kier molecular flexibility index (Phi) is 4.79. The Labute approximate surface area is 127 Å². The third kappa shape index (κ3) is 3.72. The van der Waals surface area contributed by atoms with Gasteiger partial charge in [-0.1, -0.05) is 11.3 Å². The third-order valence-corrected chi connectivity index (χ3v) is 4.27. The molecule has 2 heterocycles. The molecule has 8 heteroatoms. The summed E-state index contributed by atoms with van der Waals surface area (Å²) in [5.41, 5.74) is 6.76. The van der Waals surface area contributed by atoms with E-state index in [1.165, 1.54) is 11.3 Å². The Bertz CT molecular complexity index is 620. The van der Waals surface area contributed by atoms with E-state index in [2.05, 4.69) is 15.4 Å². The maximum absolute atomic E-state index is 12.1. The summed E-state index contributed by atoms with van der Waals surface area (Å²) >= 11 is 1.31. The second-order valence-corrected chi connectivity index (χ2v) is 5.69. The van der Waals surface area contributed by atoms with Gasteiger partial charge in [0.15, 0.2) is 5.13 Å². The number of nitrogens with one attached hydrogen (secondary N) is 1. The SMILES string of the molecule is CCN(C)c1nc(N)c(C(=O)NCCc2ccn(C)n2)s1. The molecule has 2 aromatic heterocycles. The number of hydrogen-bond acceptors (Lipinski definition) is 6. The zero-order valence-electron chi connectivity index (χ0n) is 12.5. The lowest BCUT2D eigenvalue weighted by molar-refractivity contribution is 0.0959. The summed E-state index contributed by atoms with van der Waals surface area (Å²) < 4.78 is 1.74. The van der Waals surface area contributed by atoms with Crippen molar-refractivity contribution in [1.82, 2.24) is 20.1 Å². The van der Waals surface area contributed by atoms with Gasteiger partial charge in [0.2, 0.25) is 0 Å². The summed E-state index contributed by atoms with van der Waals surface area (Å²) in [6.45, 7) is 3.35. The summed E-state index contributed by atoms with van der Waals surface area (Å²) in [7, 11) is 3.78. The van der Waals surface area contributed by atoms with Crippen molar-refractivity contribution in [3.05, 3.63) is 22.8 Å². The molecule has 21 heavy (non-hydrogen) atoms. The number of aryl methyl sites for hydroxylation is 1. The first-order valence-corrected chi connectivity index (χ1v) is 7.57. The summed E-state index contributed by atoms with van der Waals surface area (Å²) in [6.07, 6.45) is 2.57. The fraction of sp³-hybridized carbons (Fsp3) is 0.462. The molecule has 0 saturated heterocycles. The molecule has 2 rings (SSSR count). The van der Waals surface area contributed by atoms with Crippen LogP contribution in [0.1, 0.15) is 22.3 Å². The Morgan fingerprint density at radius 1 is 1.57 bits per heavy atom. The Balaban J connectivity index is 1.92. The van der Waals surface area contributed by atoms with Gasteiger partial charge >= 0.3 is 0 Å². The number of thiazole rings is 1. The lowest BCUT2D eigenvalue weighted by Crippen LogP contribution is -2.25. The van der Waals surface area contributed by atoms with E-state index >= 15 is 0 Å². The number of carbonyl (C=O) groups excluding carboxylic acids is 1. The first-order chi connectivity index (χ1) is 10.0. The normalized spacial score (nSPS) is 10.6. The Morgan fingerprint density at radius 3 is 2.95 bits per heavy atom. The number of nitrogen functional groups attached to an aromatic ring is 1. The minimum absolute atomic E-state index is 0.184. The number of rotatable bonds is 6. The second kappa shape index (κ2) is 6.57. The third-order valence-electron chi connectivity index (χ3n) is 3.08. The van der Waals surface area contributed by atoms with Gasteiger partial charge in [-0.2, -0.15) is 5.10 Å². The molecule has 0 unspecified atom stereocenters. The van der Waals surface area contributed by atoms with Crippen molar-refractivity contribution < 1.29 is 4.79 Å². The molecule has 0 spiro atoms. The van der Waals surface area contributed by atoms with Crippen LogP contribution in [0.4, 0.5) is 10.9 Å².